The minimum atomic E-state index is -4.60. The van der Waals surface area contributed by atoms with Gasteiger partial charge in [-0.15, -0.1) is 0 Å². The quantitative estimate of drug-likeness (QED) is 0.635. The lowest BCUT2D eigenvalue weighted by atomic mass is 10.1. The van der Waals surface area contributed by atoms with E-state index in [0.717, 1.165) is 29.0 Å². The Bertz CT molecular complexity index is 1140. The van der Waals surface area contributed by atoms with Crippen molar-refractivity contribution in [3.05, 3.63) is 41.3 Å². The van der Waals surface area contributed by atoms with Crippen molar-refractivity contribution >= 4 is 40.0 Å². The second-order valence-electron chi connectivity index (χ2n) is 7.58. The maximum absolute atomic E-state index is 13.1. The molecule has 4 rings (SSSR count). The first-order valence-corrected chi connectivity index (χ1v) is 10.3. The highest BCUT2D eigenvalue weighted by atomic mass is 35.5. The number of nitrogens with one attached hydrogen (secondary N) is 1. The molecule has 1 aliphatic heterocycles. The standard InChI is InChI=1S/C20H21ClF3N7O/c1-12(19(32)28-13-3-4-16(21)15(9-13)20(22,23)24)30-5-7-31(8-6-30)18-14-10-27-29(2)17(14)25-11-26-18/h3-4,9-12H,5-8H2,1-2H3,(H,28,32)/t12-/m0/s1. The SMILES string of the molecule is C[C@@H](C(=O)Nc1ccc(Cl)c(C(F)(F)F)c1)N1CCN(c2ncnc3c2cnn3C)CC1. The predicted octanol–water partition coefficient (Wildman–Crippen LogP) is 3.18. The van der Waals surface area contributed by atoms with Gasteiger partial charge in [-0.1, -0.05) is 11.6 Å². The van der Waals surface area contributed by atoms with Crippen LogP contribution in [0.15, 0.2) is 30.7 Å². The van der Waals surface area contributed by atoms with Crippen molar-refractivity contribution in [2.45, 2.75) is 19.1 Å². The number of carbonyl (C=O) groups excluding carboxylic acids is 1. The van der Waals surface area contributed by atoms with E-state index < -0.39 is 22.8 Å². The van der Waals surface area contributed by atoms with E-state index in [0.29, 0.717) is 26.2 Å². The third-order valence-electron chi connectivity index (χ3n) is 5.59. The van der Waals surface area contributed by atoms with Gasteiger partial charge in [0, 0.05) is 38.9 Å². The van der Waals surface area contributed by atoms with E-state index in [9.17, 15) is 18.0 Å². The molecular weight excluding hydrogens is 447 g/mol. The highest BCUT2D eigenvalue weighted by Crippen LogP contribution is 2.36. The molecule has 3 aromatic rings. The molecule has 1 N–H and O–H groups in total. The van der Waals surface area contributed by atoms with Gasteiger partial charge < -0.3 is 10.2 Å². The van der Waals surface area contributed by atoms with Crippen LogP contribution in [0.4, 0.5) is 24.7 Å². The molecule has 0 spiro atoms. The Kier molecular flexibility index (Phi) is 5.95. The van der Waals surface area contributed by atoms with Crippen LogP contribution in [0.25, 0.3) is 11.0 Å². The van der Waals surface area contributed by atoms with E-state index in [1.807, 2.05) is 11.9 Å². The minimum absolute atomic E-state index is 0.0529. The molecule has 170 valence electrons. The van der Waals surface area contributed by atoms with Crippen molar-refractivity contribution in [2.75, 3.05) is 36.4 Å². The second-order valence-corrected chi connectivity index (χ2v) is 7.99. The van der Waals surface area contributed by atoms with Gasteiger partial charge in [-0.3, -0.25) is 14.4 Å². The molecule has 0 radical (unpaired) electrons. The number of amides is 1. The van der Waals surface area contributed by atoms with E-state index in [4.69, 9.17) is 11.6 Å². The monoisotopic (exact) mass is 467 g/mol. The summed E-state index contributed by atoms with van der Waals surface area (Å²) in [6, 6.07) is 2.81. The number of rotatable bonds is 4. The topological polar surface area (TPSA) is 79.2 Å². The third kappa shape index (κ3) is 4.35. The fourth-order valence-corrected chi connectivity index (χ4v) is 3.98. The molecule has 1 saturated heterocycles. The summed E-state index contributed by atoms with van der Waals surface area (Å²) >= 11 is 5.64. The van der Waals surface area contributed by atoms with Crippen LogP contribution in [-0.4, -0.2) is 62.8 Å². The van der Waals surface area contributed by atoms with Crippen molar-refractivity contribution in [3.8, 4) is 0 Å². The van der Waals surface area contributed by atoms with Crippen LogP contribution in [0, 0.1) is 0 Å². The minimum Gasteiger partial charge on any atom is -0.353 e. The summed E-state index contributed by atoms with van der Waals surface area (Å²) in [7, 11) is 1.82. The van der Waals surface area contributed by atoms with Crippen LogP contribution in [0.3, 0.4) is 0 Å². The van der Waals surface area contributed by atoms with Crippen molar-refractivity contribution in [1.82, 2.24) is 24.6 Å². The van der Waals surface area contributed by atoms with Gasteiger partial charge in [0.25, 0.3) is 0 Å². The molecular formula is C20H21ClF3N7O. The molecule has 0 saturated carbocycles. The lowest BCUT2D eigenvalue weighted by molar-refractivity contribution is -0.137. The number of halogens is 4. The smallest absolute Gasteiger partial charge is 0.353 e. The molecule has 3 heterocycles. The average molecular weight is 468 g/mol. The van der Waals surface area contributed by atoms with Crippen molar-refractivity contribution < 1.29 is 18.0 Å². The van der Waals surface area contributed by atoms with Gasteiger partial charge in [-0.25, -0.2) is 9.97 Å². The van der Waals surface area contributed by atoms with Crippen LogP contribution in [0.2, 0.25) is 5.02 Å². The van der Waals surface area contributed by atoms with Gasteiger partial charge in [-0.2, -0.15) is 18.3 Å². The lowest BCUT2D eigenvalue weighted by Gasteiger charge is -2.38. The number of carbonyl (C=O) groups is 1. The molecule has 1 aliphatic rings. The molecule has 0 bridgehead atoms. The molecule has 1 amide bonds. The Balaban J connectivity index is 1.40. The Morgan fingerprint density at radius 1 is 1.19 bits per heavy atom. The number of fused-ring (bicyclic) bond motifs is 1. The normalized spacial score (nSPS) is 16.4. The third-order valence-corrected chi connectivity index (χ3v) is 5.92. The first-order chi connectivity index (χ1) is 15.1. The van der Waals surface area contributed by atoms with Gasteiger partial charge in [-0.05, 0) is 25.1 Å². The highest BCUT2D eigenvalue weighted by molar-refractivity contribution is 6.31. The molecule has 8 nitrogen and oxygen atoms in total. The molecule has 2 aromatic heterocycles. The van der Waals surface area contributed by atoms with E-state index in [1.54, 1.807) is 17.8 Å². The Morgan fingerprint density at radius 3 is 2.59 bits per heavy atom. The number of aryl methyl sites for hydroxylation is 1. The number of aromatic nitrogens is 4. The first kappa shape index (κ1) is 22.3. The van der Waals surface area contributed by atoms with Gasteiger partial charge in [0.15, 0.2) is 5.65 Å². The zero-order chi connectivity index (χ0) is 23.0. The molecule has 1 fully saturated rings. The Labute approximate surface area is 187 Å². The largest absolute Gasteiger partial charge is 0.417 e. The Morgan fingerprint density at radius 2 is 1.91 bits per heavy atom. The molecule has 32 heavy (non-hydrogen) atoms. The summed E-state index contributed by atoms with van der Waals surface area (Å²) in [5, 5.41) is 7.24. The summed E-state index contributed by atoms with van der Waals surface area (Å²) in [4.78, 5) is 25.4. The molecule has 12 heteroatoms. The van der Waals surface area contributed by atoms with Crippen LogP contribution >= 0.6 is 11.6 Å². The lowest BCUT2D eigenvalue weighted by Crippen LogP contribution is -2.53. The molecule has 1 atom stereocenters. The molecule has 0 aliphatic carbocycles. The fraction of sp³-hybridized carbons (Fsp3) is 0.400. The first-order valence-electron chi connectivity index (χ1n) is 9.94. The molecule has 1 aromatic carbocycles. The fourth-order valence-electron chi connectivity index (χ4n) is 3.76. The van der Waals surface area contributed by atoms with Crippen LogP contribution < -0.4 is 10.2 Å². The summed E-state index contributed by atoms with van der Waals surface area (Å²) in [6.07, 6.45) is -1.36. The van der Waals surface area contributed by atoms with Gasteiger partial charge in [0.2, 0.25) is 5.91 Å². The second kappa shape index (κ2) is 8.55. The summed E-state index contributed by atoms with van der Waals surface area (Å²) in [5.74, 6) is 0.409. The van der Waals surface area contributed by atoms with Crippen LogP contribution in [0.1, 0.15) is 12.5 Å². The van der Waals surface area contributed by atoms with Crippen molar-refractivity contribution in [2.24, 2.45) is 7.05 Å². The van der Waals surface area contributed by atoms with Crippen molar-refractivity contribution in [1.29, 1.82) is 0 Å². The van der Waals surface area contributed by atoms with Crippen LogP contribution in [-0.2, 0) is 18.0 Å². The van der Waals surface area contributed by atoms with Crippen LogP contribution in [0.5, 0.6) is 0 Å². The van der Waals surface area contributed by atoms with Crippen molar-refractivity contribution in [3.63, 3.8) is 0 Å². The predicted molar refractivity (Wildman–Crippen MR) is 115 cm³/mol. The number of anilines is 2. The number of piperazine rings is 1. The zero-order valence-corrected chi connectivity index (χ0v) is 18.2. The van der Waals surface area contributed by atoms with E-state index in [2.05, 4.69) is 25.3 Å². The number of hydrogen-bond acceptors (Lipinski definition) is 6. The Hall–Kier alpha value is -2.92. The number of nitrogens with zero attached hydrogens (tertiary/aromatic N) is 6. The van der Waals surface area contributed by atoms with E-state index in [1.165, 1.54) is 12.4 Å². The number of benzene rings is 1. The highest BCUT2D eigenvalue weighted by Gasteiger charge is 2.34. The molecule has 0 unspecified atom stereocenters. The summed E-state index contributed by atoms with van der Waals surface area (Å²) in [5.41, 5.74) is -0.187. The van der Waals surface area contributed by atoms with Gasteiger partial charge in [0.05, 0.1) is 28.2 Å². The summed E-state index contributed by atoms with van der Waals surface area (Å²) < 4.78 is 40.9. The maximum atomic E-state index is 13.1. The van der Waals surface area contributed by atoms with E-state index in [-0.39, 0.29) is 11.6 Å². The number of hydrogen-bond donors (Lipinski definition) is 1. The number of alkyl halides is 3. The van der Waals surface area contributed by atoms with Gasteiger partial charge in [0.1, 0.15) is 12.1 Å². The average Bonchev–Trinajstić information content (AvgIpc) is 3.15. The van der Waals surface area contributed by atoms with E-state index >= 15 is 0 Å². The summed E-state index contributed by atoms with van der Waals surface area (Å²) in [6.45, 7) is 4.19. The maximum Gasteiger partial charge on any atom is 0.417 e. The van der Waals surface area contributed by atoms with Gasteiger partial charge >= 0.3 is 6.18 Å². The zero-order valence-electron chi connectivity index (χ0n) is 17.4.